The summed E-state index contributed by atoms with van der Waals surface area (Å²) in [6.07, 6.45) is 2.49. The lowest BCUT2D eigenvalue weighted by atomic mass is 9.98. The van der Waals surface area contributed by atoms with Crippen molar-refractivity contribution in [3.05, 3.63) is 70.7 Å². The topological polar surface area (TPSA) is 46.1 Å². The molecule has 0 bridgehead atoms. The van der Waals surface area contributed by atoms with Crippen molar-refractivity contribution in [3.8, 4) is 10.6 Å². The fourth-order valence-corrected chi connectivity index (χ4v) is 5.76. The summed E-state index contributed by atoms with van der Waals surface area (Å²) in [5.41, 5.74) is 3.03. The van der Waals surface area contributed by atoms with Crippen molar-refractivity contribution in [2.24, 2.45) is 0 Å². The summed E-state index contributed by atoms with van der Waals surface area (Å²) in [5, 5.41) is 4.14. The van der Waals surface area contributed by atoms with Crippen LogP contribution in [0.5, 0.6) is 0 Å². The molecule has 29 heavy (non-hydrogen) atoms. The van der Waals surface area contributed by atoms with Crippen LogP contribution in [0.4, 0.5) is 0 Å². The second-order valence-electron chi connectivity index (χ2n) is 7.39. The predicted octanol–water partition coefficient (Wildman–Crippen LogP) is 5.37. The van der Waals surface area contributed by atoms with E-state index in [1.165, 1.54) is 4.70 Å². The molecule has 1 aliphatic rings. The van der Waals surface area contributed by atoms with Crippen LogP contribution >= 0.6 is 22.7 Å². The van der Waals surface area contributed by atoms with Gasteiger partial charge in [-0.3, -0.25) is 4.79 Å². The van der Waals surface area contributed by atoms with Crippen molar-refractivity contribution < 1.29 is 4.79 Å². The number of aromatic nitrogens is 2. The molecule has 4 aromatic rings. The van der Waals surface area contributed by atoms with Crippen molar-refractivity contribution in [1.29, 1.82) is 0 Å². The number of hydrogen-bond acceptors (Lipinski definition) is 5. The predicted molar refractivity (Wildman–Crippen MR) is 119 cm³/mol. The molecule has 1 amide bonds. The highest BCUT2D eigenvalue weighted by Gasteiger charge is 2.27. The first-order chi connectivity index (χ1) is 14.3. The zero-order valence-corrected chi connectivity index (χ0v) is 17.6. The number of hydrogen-bond donors (Lipinski definition) is 0. The van der Waals surface area contributed by atoms with Crippen molar-refractivity contribution in [2.75, 3.05) is 13.1 Å². The van der Waals surface area contributed by atoms with Gasteiger partial charge in [0.1, 0.15) is 5.01 Å². The van der Waals surface area contributed by atoms with Crippen LogP contribution in [-0.4, -0.2) is 33.9 Å². The molecule has 0 aliphatic carbocycles. The molecule has 2 aromatic heterocycles. The number of para-hydroxylation sites is 1. The van der Waals surface area contributed by atoms with Gasteiger partial charge in [-0.1, -0.05) is 42.5 Å². The van der Waals surface area contributed by atoms with Crippen LogP contribution in [0.3, 0.4) is 0 Å². The maximum atomic E-state index is 12.9. The van der Waals surface area contributed by atoms with Gasteiger partial charge in [0.05, 0.1) is 27.3 Å². The Morgan fingerprint density at radius 1 is 1.07 bits per heavy atom. The maximum Gasteiger partial charge on any atom is 0.228 e. The lowest BCUT2D eigenvalue weighted by molar-refractivity contribution is -0.131. The molecule has 0 N–H and O–H groups in total. The zero-order valence-electron chi connectivity index (χ0n) is 16.0. The molecule has 1 aliphatic heterocycles. The van der Waals surface area contributed by atoms with E-state index in [4.69, 9.17) is 4.98 Å². The first-order valence-corrected chi connectivity index (χ1v) is 11.6. The molecule has 5 rings (SSSR count). The first-order valence-electron chi connectivity index (χ1n) is 9.89. The van der Waals surface area contributed by atoms with Crippen molar-refractivity contribution in [3.63, 3.8) is 0 Å². The number of carbonyl (C=O) groups excluding carboxylic acids is 1. The summed E-state index contributed by atoms with van der Waals surface area (Å²) in [6.45, 7) is 1.59. The molecule has 6 heteroatoms. The third-order valence-electron chi connectivity index (χ3n) is 5.34. The van der Waals surface area contributed by atoms with E-state index in [1.54, 1.807) is 22.7 Å². The molecule has 1 fully saturated rings. The Kier molecular flexibility index (Phi) is 5.12. The van der Waals surface area contributed by atoms with Crippen molar-refractivity contribution in [2.45, 2.75) is 25.2 Å². The minimum Gasteiger partial charge on any atom is -0.342 e. The smallest absolute Gasteiger partial charge is 0.228 e. The highest BCUT2D eigenvalue weighted by molar-refractivity contribution is 7.18. The Balaban J connectivity index is 1.27. The Hall–Kier alpha value is -2.57. The molecular weight excluding hydrogens is 398 g/mol. The molecule has 0 saturated carbocycles. The van der Waals surface area contributed by atoms with Gasteiger partial charge in [0.25, 0.3) is 0 Å². The highest BCUT2D eigenvalue weighted by atomic mass is 32.1. The Bertz CT molecular complexity index is 1100. The van der Waals surface area contributed by atoms with Gasteiger partial charge in [-0.25, -0.2) is 9.97 Å². The average molecular weight is 420 g/mol. The average Bonchev–Trinajstić information content (AvgIpc) is 3.41. The van der Waals surface area contributed by atoms with Gasteiger partial charge in [0.2, 0.25) is 5.91 Å². The number of thiazole rings is 2. The number of amides is 1. The van der Waals surface area contributed by atoms with Crippen molar-refractivity contribution >= 4 is 38.8 Å². The van der Waals surface area contributed by atoms with Gasteiger partial charge in [0.15, 0.2) is 0 Å². The van der Waals surface area contributed by atoms with Gasteiger partial charge in [0, 0.05) is 30.0 Å². The van der Waals surface area contributed by atoms with E-state index >= 15 is 0 Å². The third kappa shape index (κ3) is 3.95. The van der Waals surface area contributed by atoms with Crippen LogP contribution in [0.15, 0.2) is 60.0 Å². The van der Waals surface area contributed by atoms with Crippen LogP contribution in [0.25, 0.3) is 20.8 Å². The van der Waals surface area contributed by atoms with E-state index in [0.29, 0.717) is 12.3 Å². The SMILES string of the molecule is O=C(Cc1csc(-c2ccccc2)n1)N1CCC[C@@H](c2nc3ccccc3s2)C1. The molecule has 146 valence electrons. The number of piperidine rings is 1. The summed E-state index contributed by atoms with van der Waals surface area (Å²) in [6, 6.07) is 18.4. The lowest BCUT2D eigenvalue weighted by Gasteiger charge is -2.31. The lowest BCUT2D eigenvalue weighted by Crippen LogP contribution is -2.40. The number of likely N-dealkylation sites (tertiary alicyclic amines) is 1. The maximum absolute atomic E-state index is 12.9. The number of fused-ring (bicyclic) bond motifs is 1. The van der Waals surface area contributed by atoms with Gasteiger partial charge in [-0.15, -0.1) is 22.7 Å². The van der Waals surface area contributed by atoms with E-state index in [1.807, 2.05) is 34.5 Å². The molecule has 0 unspecified atom stereocenters. The molecule has 1 atom stereocenters. The van der Waals surface area contributed by atoms with E-state index in [0.717, 1.165) is 52.7 Å². The monoisotopic (exact) mass is 419 g/mol. The van der Waals surface area contributed by atoms with Crippen LogP contribution in [-0.2, 0) is 11.2 Å². The van der Waals surface area contributed by atoms with E-state index in [2.05, 4.69) is 35.3 Å². The largest absolute Gasteiger partial charge is 0.342 e. The van der Waals surface area contributed by atoms with Crippen LogP contribution in [0.2, 0.25) is 0 Å². The van der Waals surface area contributed by atoms with E-state index in [-0.39, 0.29) is 5.91 Å². The van der Waals surface area contributed by atoms with Gasteiger partial charge in [-0.05, 0) is 25.0 Å². The van der Waals surface area contributed by atoms with Gasteiger partial charge in [-0.2, -0.15) is 0 Å². The van der Waals surface area contributed by atoms with Crippen LogP contribution in [0.1, 0.15) is 29.5 Å². The molecule has 0 spiro atoms. The Morgan fingerprint density at radius 2 is 1.90 bits per heavy atom. The number of carbonyl (C=O) groups is 1. The standard InChI is InChI=1S/C23H21N3OS2/c27-21(13-18-15-28-22(24-18)16-7-2-1-3-8-16)26-12-6-9-17(14-26)23-25-19-10-4-5-11-20(19)29-23/h1-5,7-8,10-11,15,17H,6,9,12-14H2/t17-/m1/s1. The van der Waals surface area contributed by atoms with E-state index in [9.17, 15) is 4.79 Å². The number of nitrogens with zero attached hydrogens (tertiary/aromatic N) is 3. The normalized spacial score (nSPS) is 17.0. The Morgan fingerprint density at radius 3 is 2.76 bits per heavy atom. The molecule has 4 nitrogen and oxygen atoms in total. The van der Waals surface area contributed by atoms with Gasteiger partial charge < -0.3 is 4.90 Å². The summed E-state index contributed by atoms with van der Waals surface area (Å²) in [7, 11) is 0. The number of benzene rings is 2. The van der Waals surface area contributed by atoms with Gasteiger partial charge >= 0.3 is 0 Å². The number of rotatable bonds is 4. The van der Waals surface area contributed by atoms with E-state index < -0.39 is 0 Å². The third-order valence-corrected chi connectivity index (χ3v) is 7.48. The molecule has 2 aromatic carbocycles. The summed E-state index contributed by atoms with van der Waals surface area (Å²) >= 11 is 3.36. The van der Waals surface area contributed by atoms with Crippen LogP contribution < -0.4 is 0 Å². The minimum atomic E-state index is 0.167. The van der Waals surface area contributed by atoms with Crippen molar-refractivity contribution in [1.82, 2.24) is 14.9 Å². The molecule has 1 saturated heterocycles. The second kappa shape index (κ2) is 8.05. The second-order valence-corrected chi connectivity index (χ2v) is 9.31. The molecule has 3 heterocycles. The zero-order chi connectivity index (χ0) is 19.6. The quantitative estimate of drug-likeness (QED) is 0.447. The highest BCUT2D eigenvalue weighted by Crippen LogP contribution is 2.33. The molecular formula is C23H21N3OS2. The summed E-state index contributed by atoms with van der Waals surface area (Å²) in [4.78, 5) is 24.4. The fraction of sp³-hybridized carbons (Fsp3) is 0.261. The summed E-state index contributed by atoms with van der Waals surface area (Å²) < 4.78 is 1.22. The Labute approximate surface area is 177 Å². The molecule has 0 radical (unpaired) electrons. The first kappa shape index (κ1) is 18.5. The summed E-state index contributed by atoms with van der Waals surface area (Å²) in [5.74, 6) is 0.501. The minimum absolute atomic E-state index is 0.167. The van der Waals surface area contributed by atoms with Crippen LogP contribution in [0, 0.1) is 0 Å². The fourth-order valence-electron chi connectivity index (χ4n) is 3.84.